The Labute approximate surface area is 157 Å². The number of piperazine rings is 1. The van der Waals surface area contributed by atoms with E-state index in [0.717, 1.165) is 76.3 Å². The molecule has 3 fully saturated rings. The SMILES string of the molecule is CCCCC(=O)N1C[C@@H]2C(CN3CCN(c4ccncc4C)CC3)[C@@H]2C1. The summed E-state index contributed by atoms with van der Waals surface area (Å²) in [6.45, 7) is 12.1. The third-order valence-corrected chi connectivity index (χ3v) is 6.64. The Morgan fingerprint density at radius 2 is 1.92 bits per heavy atom. The summed E-state index contributed by atoms with van der Waals surface area (Å²) in [6.07, 6.45) is 6.75. The van der Waals surface area contributed by atoms with E-state index >= 15 is 0 Å². The lowest BCUT2D eigenvalue weighted by molar-refractivity contribution is -0.130. The van der Waals surface area contributed by atoms with Gasteiger partial charge in [0.2, 0.25) is 5.91 Å². The topological polar surface area (TPSA) is 39.7 Å². The van der Waals surface area contributed by atoms with Crippen molar-refractivity contribution in [1.82, 2.24) is 14.8 Å². The number of aromatic nitrogens is 1. The first-order valence-electron chi connectivity index (χ1n) is 10.3. The normalized spacial score (nSPS) is 28.3. The van der Waals surface area contributed by atoms with Crippen LogP contribution in [0.2, 0.25) is 0 Å². The number of likely N-dealkylation sites (tertiary alicyclic amines) is 1. The van der Waals surface area contributed by atoms with Gasteiger partial charge in [0.25, 0.3) is 0 Å². The summed E-state index contributed by atoms with van der Waals surface area (Å²) in [5.74, 6) is 2.78. The average Bonchev–Trinajstić information content (AvgIpc) is 3.10. The Kier molecular flexibility index (Phi) is 5.16. The van der Waals surface area contributed by atoms with E-state index in [2.05, 4.69) is 39.6 Å². The number of rotatable bonds is 6. The molecule has 1 aromatic rings. The van der Waals surface area contributed by atoms with E-state index < -0.39 is 0 Å². The highest BCUT2D eigenvalue weighted by molar-refractivity contribution is 5.76. The smallest absolute Gasteiger partial charge is 0.222 e. The largest absolute Gasteiger partial charge is 0.369 e. The monoisotopic (exact) mass is 356 g/mol. The van der Waals surface area contributed by atoms with Crippen LogP contribution in [0.1, 0.15) is 31.7 Å². The van der Waals surface area contributed by atoms with Crippen molar-refractivity contribution in [3.05, 3.63) is 24.0 Å². The minimum atomic E-state index is 0.388. The molecule has 1 aromatic heterocycles. The molecule has 0 bridgehead atoms. The summed E-state index contributed by atoms with van der Waals surface area (Å²) in [5, 5.41) is 0. The molecular weight excluding hydrogens is 324 g/mol. The van der Waals surface area contributed by atoms with Crippen LogP contribution in [-0.2, 0) is 4.79 Å². The van der Waals surface area contributed by atoms with Crippen LogP contribution in [0.25, 0.3) is 0 Å². The van der Waals surface area contributed by atoms with Crippen LogP contribution >= 0.6 is 0 Å². The van der Waals surface area contributed by atoms with Gasteiger partial charge in [0.05, 0.1) is 0 Å². The third-order valence-electron chi connectivity index (χ3n) is 6.64. The number of pyridine rings is 1. The second-order valence-corrected chi connectivity index (χ2v) is 8.34. The first-order valence-corrected chi connectivity index (χ1v) is 10.3. The van der Waals surface area contributed by atoms with Crippen molar-refractivity contribution in [3.8, 4) is 0 Å². The summed E-state index contributed by atoms with van der Waals surface area (Å²) >= 11 is 0. The van der Waals surface area contributed by atoms with E-state index in [-0.39, 0.29) is 0 Å². The minimum Gasteiger partial charge on any atom is -0.369 e. The highest BCUT2D eigenvalue weighted by Crippen LogP contribution is 2.52. The van der Waals surface area contributed by atoms with E-state index in [9.17, 15) is 4.79 Å². The number of hydrogen-bond acceptors (Lipinski definition) is 4. The van der Waals surface area contributed by atoms with Crippen LogP contribution < -0.4 is 4.90 Å². The number of piperidine rings is 1. The van der Waals surface area contributed by atoms with Crippen LogP contribution in [0, 0.1) is 24.7 Å². The van der Waals surface area contributed by atoms with Gasteiger partial charge in [0.15, 0.2) is 0 Å². The molecule has 0 radical (unpaired) electrons. The fourth-order valence-corrected chi connectivity index (χ4v) is 4.90. The summed E-state index contributed by atoms with van der Waals surface area (Å²) in [6, 6.07) is 2.14. The summed E-state index contributed by atoms with van der Waals surface area (Å²) in [4.78, 5) is 23.6. The quantitative estimate of drug-likeness (QED) is 0.785. The molecule has 0 spiro atoms. The molecule has 2 aliphatic heterocycles. The molecule has 26 heavy (non-hydrogen) atoms. The maximum absolute atomic E-state index is 12.2. The van der Waals surface area contributed by atoms with Gasteiger partial charge in [-0.25, -0.2) is 0 Å². The van der Waals surface area contributed by atoms with Crippen LogP contribution in [0.4, 0.5) is 5.69 Å². The summed E-state index contributed by atoms with van der Waals surface area (Å²) in [7, 11) is 0. The maximum atomic E-state index is 12.2. The molecule has 1 aliphatic carbocycles. The van der Waals surface area contributed by atoms with Gasteiger partial charge in [-0.15, -0.1) is 0 Å². The van der Waals surface area contributed by atoms with Crippen molar-refractivity contribution in [2.75, 3.05) is 50.7 Å². The molecule has 3 heterocycles. The first-order chi connectivity index (χ1) is 12.7. The molecule has 5 nitrogen and oxygen atoms in total. The second-order valence-electron chi connectivity index (χ2n) is 8.34. The lowest BCUT2D eigenvalue weighted by Gasteiger charge is -2.37. The summed E-state index contributed by atoms with van der Waals surface area (Å²) in [5.41, 5.74) is 2.61. The Balaban J connectivity index is 1.20. The molecule has 5 heteroatoms. The molecule has 0 aromatic carbocycles. The van der Waals surface area contributed by atoms with E-state index in [1.165, 1.54) is 17.8 Å². The van der Waals surface area contributed by atoms with Crippen LogP contribution in [0.5, 0.6) is 0 Å². The van der Waals surface area contributed by atoms with E-state index in [4.69, 9.17) is 0 Å². The highest BCUT2D eigenvalue weighted by atomic mass is 16.2. The van der Waals surface area contributed by atoms with Crippen molar-refractivity contribution in [2.24, 2.45) is 17.8 Å². The Bertz CT molecular complexity index is 629. The number of anilines is 1. The van der Waals surface area contributed by atoms with E-state index in [0.29, 0.717) is 5.91 Å². The van der Waals surface area contributed by atoms with Gasteiger partial charge in [-0.3, -0.25) is 14.7 Å². The van der Waals surface area contributed by atoms with Gasteiger partial charge in [-0.1, -0.05) is 13.3 Å². The number of carbonyl (C=O) groups is 1. The van der Waals surface area contributed by atoms with Crippen LogP contribution in [0.3, 0.4) is 0 Å². The number of hydrogen-bond donors (Lipinski definition) is 0. The lowest BCUT2D eigenvalue weighted by atomic mass is 10.1. The van der Waals surface area contributed by atoms with Crippen molar-refractivity contribution < 1.29 is 4.79 Å². The number of carbonyl (C=O) groups excluding carboxylic acids is 1. The number of amides is 1. The van der Waals surface area contributed by atoms with Gasteiger partial charge in [0.1, 0.15) is 0 Å². The molecule has 3 aliphatic rings. The second kappa shape index (κ2) is 7.55. The standard InChI is InChI=1S/C21H32N4O/c1-3-4-5-21(26)25-14-18-17(19(18)15-25)13-23-8-10-24(11-9-23)20-6-7-22-12-16(20)2/h6-7,12,17-19H,3-5,8-11,13-15H2,1-2H3/t17?,18-,19+. The molecule has 1 saturated carbocycles. The van der Waals surface area contributed by atoms with Crippen molar-refractivity contribution in [1.29, 1.82) is 0 Å². The van der Waals surface area contributed by atoms with Gasteiger partial charge in [0, 0.05) is 70.3 Å². The molecule has 1 amide bonds. The van der Waals surface area contributed by atoms with E-state index in [1.807, 2.05) is 12.4 Å². The highest BCUT2D eigenvalue weighted by Gasteiger charge is 2.56. The molecule has 4 rings (SSSR count). The molecular formula is C21H32N4O. The van der Waals surface area contributed by atoms with Gasteiger partial charge >= 0.3 is 0 Å². The van der Waals surface area contributed by atoms with Crippen molar-refractivity contribution >= 4 is 11.6 Å². The number of fused-ring (bicyclic) bond motifs is 1. The number of unbranched alkanes of at least 4 members (excludes halogenated alkanes) is 1. The maximum Gasteiger partial charge on any atom is 0.222 e. The van der Waals surface area contributed by atoms with Crippen LogP contribution in [-0.4, -0.2) is 66.5 Å². The third kappa shape index (κ3) is 3.59. The fourth-order valence-electron chi connectivity index (χ4n) is 4.90. The zero-order chi connectivity index (χ0) is 18.1. The Hall–Kier alpha value is -1.62. The molecule has 2 saturated heterocycles. The predicted molar refractivity (Wildman–Crippen MR) is 104 cm³/mol. The van der Waals surface area contributed by atoms with Crippen molar-refractivity contribution in [3.63, 3.8) is 0 Å². The molecule has 1 unspecified atom stereocenters. The van der Waals surface area contributed by atoms with E-state index in [1.54, 1.807) is 0 Å². The number of aryl methyl sites for hydroxylation is 1. The molecule has 142 valence electrons. The molecule has 0 N–H and O–H groups in total. The molecule has 3 atom stereocenters. The van der Waals surface area contributed by atoms with Gasteiger partial charge in [-0.05, 0) is 42.7 Å². The van der Waals surface area contributed by atoms with Gasteiger partial charge < -0.3 is 9.80 Å². The predicted octanol–water partition coefficient (Wildman–Crippen LogP) is 2.41. The van der Waals surface area contributed by atoms with Crippen molar-refractivity contribution in [2.45, 2.75) is 33.1 Å². The Morgan fingerprint density at radius 3 is 2.58 bits per heavy atom. The Morgan fingerprint density at radius 1 is 1.19 bits per heavy atom. The minimum absolute atomic E-state index is 0.388. The van der Waals surface area contributed by atoms with Gasteiger partial charge in [-0.2, -0.15) is 0 Å². The first kappa shape index (κ1) is 17.8. The van der Waals surface area contributed by atoms with Crippen LogP contribution in [0.15, 0.2) is 18.5 Å². The zero-order valence-electron chi connectivity index (χ0n) is 16.2. The lowest BCUT2D eigenvalue weighted by Crippen LogP contribution is -2.47. The summed E-state index contributed by atoms with van der Waals surface area (Å²) < 4.78 is 0. The number of nitrogens with zero attached hydrogens (tertiary/aromatic N) is 4. The zero-order valence-corrected chi connectivity index (χ0v) is 16.2. The fraction of sp³-hybridized carbons (Fsp3) is 0.714. The average molecular weight is 357 g/mol.